The van der Waals surface area contributed by atoms with E-state index in [1.54, 1.807) is 0 Å². The molecule has 63 heavy (non-hydrogen) atoms. The van der Waals surface area contributed by atoms with Gasteiger partial charge in [-0.1, -0.05) is 211 Å². The van der Waals surface area contributed by atoms with E-state index < -0.39 is 6.10 Å². The van der Waals surface area contributed by atoms with E-state index in [0.717, 1.165) is 77.0 Å². The van der Waals surface area contributed by atoms with Crippen LogP contribution in [0.15, 0.2) is 158 Å². The number of allylic oxidation sites excluding steroid dienone is 26. The summed E-state index contributed by atoms with van der Waals surface area (Å²) in [4.78, 5) is 37.9. The lowest BCUT2D eigenvalue weighted by molar-refractivity contribution is -0.167. The average molecular weight is 865 g/mol. The molecule has 0 amide bonds. The normalized spacial score (nSPS) is 13.5. The quantitative estimate of drug-likeness (QED) is 0.0201. The fraction of sp³-hybridized carbons (Fsp3) is 0.491. The zero-order valence-electron chi connectivity index (χ0n) is 39.5. The van der Waals surface area contributed by atoms with Crippen LogP contribution in [0.1, 0.15) is 162 Å². The molecule has 1 unspecified atom stereocenters. The van der Waals surface area contributed by atoms with E-state index in [0.29, 0.717) is 19.3 Å². The number of unbranched alkanes of at least 4 members (excludes halogenated alkanes) is 10. The van der Waals surface area contributed by atoms with E-state index in [1.165, 1.54) is 25.7 Å². The maximum atomic E-state index is 12.8. The molecule has 0 aromatic rings. The summed E-state index contributed by atoms with van der Waals surface area (Å²) in [6.07, 6.45) is 72.3. The molecule has 0 saturated heterocycles. The van der Waals surface area contributed by atoms with Gasteiger partial charge in [0.2, 0.25) is 0 Å². The van der Waals surface area contributed by atoms with Gasteiger partial charge in [-0.3, -0.25) is 14.4 Å². The molecule has 0 spiro atoms. The van der Waals surface area contributed by atoms with Crippen LogP contribution >= 0.6 is 0 Å². The molecule has 0 aromatic carbocycles. The smallest absolute Gasteiger partial charge is 0.306 e. The average Bonchev–Trinajstić information content (AvgIpc) is 3.28. The number of rotatable bonds is 40. The second kappa shape index (κ2) is 49.7. The molecule has 0 aliphatic heterocycles. The highest BCUT2D eigenvalue weighted by Gasteiger charge is 2.19. The van der Waals surface area contributed by atoms with Crippen molar-refractivity contribution in [1.29, 1.82) is 0 Å². The van der Waals surface area contributed by atoms with Crippen LogP contribution in [0.4, 0.5) is 0 Å². The van der Waals surface area contributed by atoms with Crippen LogP contribution in [0.3, 0.4) is 0 Å². The Kier molecular flexibility index (Phi) is 45.8. The van der Waals surface area contributed by atoms with Gasteiger partial charge < -0.3 is 14.2 Å². The third-order valence-electron chi connectivity index (χ3n) is 9.22. The van der Waals surface area contributed by atoms with Gasteiger partial charge in [0, 0.05) is 19.3 Å². The molecule has 0 radical (unpaired) electrons. The van der Waals surface area contributed by atoms with Crippen LogP contribution in [0.2, 0.25) is 0 Å². The number of ether oxygens (including phenoxy) is 3. The molecule has 0 bridgehead atoms. The van der Waals surface area contributed by atoms with E-state index in [4.69, 9.17) is 14.2 Å². The molecule has 348 valence electrons. The molecular weight excluding hydrogens is 781 g/mol. The van der Waals surface area contributed by atoms with Crippen molar-refractivity contribution < 1.29 is 28.6 Å². The SMILES string of the molecule is CC/C=C/C=C/C=C/C=C/C=C/CCCC(=O)OCC(COC(=O)CCC/C=C/C/C=C/C/C=C/C/C=C/CCCCC)OC(=O)CCCCCCC/C=C/C=C/C=C/C=C/CC. The van der Waals surface area contributed by atoms with Gasteiger partial charge in [0.25, 0.3) is 0 Å². The number of carbonyl (C=O) groups excluding carboxylic acids is 3. The summed E-state index contributed by atoms with van der Waals surface area (Å²) in [5.74, 6) is -1.11. The minimum atomic E-state index is -0.848. The van der Waals surface area contributed by atoms with Crippen LogP contribution in [0.25, 0.3) is 0 Å². The van der Waals surface area contributed by atoms with Crippen LogP contribution in [0, 0.1) is 0 Å². The number of esters is 3. The highest BCUT2D eigenvalue weighted by Crippen LogP contribution is 2.11. The maximum Gasteiger partial charge on any atom is 0.306 e. The number of hydrogen-bond acceptors (Lipinski definition) is 6. The highest BCUT2D eigenvalue weighted by atomic mass is 16.6. The fourth-order valence-electron chi connectivity index (χ4n) is 5.65. The van der Waals surface area contributed by atoms with Gasteiger partial charge in [-0.15, -0.1) is 0 Å². The lowest BCUT2D eigenvalue weighted by atomic mass is 10.1. The Balaban J connectivity index is 4.66. The molecule has 0 fully saturated rings. The monoisotopic (exact) mass is 865 g/mol. The summed E-state index contributed by atoms with van der Waals surface area (Å²) in [6, 6.07) is 0. The number of carbonyl (C=O) groups is 3. The lowest BCUT2D eigenvalue weighted by Gasteiger charge is -2.18. The highest BCUT2D eigenvalue weighted by molar-refractivity contribution is 5.71. The van der Waals surface area contributed by atoms with Crippen LogP contribution < -0.4 is 0 Å². The first-order chi connectivity index (χ1) is 31.0. The molecule has 1 atom stereocenters. The van der Waals surface area contributed by atoms with E-state index in [1.807, 2.05) is 85.1 Å². The van der Waals surface area contributed by atoms with Gasteiger partial charge in [-0.2, -0.15) is 0 Å². The molecule has 0 aliphatic carbocycles. The van der Waals surface area contributed by atoms with Crippen LogP contribution in [-0.2, 0) is 28.6 Å². The van der Waals surface area contributed by atoms with Crippen molar-refractivity contribution in [1.82, 2.24) is 0 Å². The Morgan fingerprint density at radius 2 is 0.698 bits per heavy atom. The minimum absolute atomic E-state index is 0.147. The first kappa shape index (κ1) is 58.0. The van der Waals surface area contributed by atoms with Gasteiger partial charge in [0.05, 0.1) is 0 Å². The zero-order valence-corrected chi connectivity index (χ0v) is 39.5. The van der Waals surface area contributed by atoms with E-state index in [9.17, 15) is 14.4 Å². The summed E-state index contributed by atoms with van der Waals surface area (Å²) >= 11 is 0. The molecule has 0 rings (SSSR count). The second-order valence-corrected chi connectivity index (χ2v) is 15.1. The van der Waals surface area contributed by atoms with Crippen LogP contribution in [-0.4, -0.2) is 37.2 Å². The largest absolute Gasteiger partial charge is 0.462 e. The molecule has 6 heteroatoms. The molecular formula is C57H84O6. The summed E-state index contributed by atoms with van der Waals surface area (Å²) < 4.78 is 16.6. The third kappa shape index (κ3) is 47.9. The van der Waals surface area contributed by atoms with Crippen molar-refractivity contribution >= 4 is 17.9 Å². The van der Waals surface area contributed by atoms with Crippen molar-refractivity contribution in [3.8, 4) is 0 Å². The molecule has 0 aliphatic rings. The van der Waals surface area contributed by atoms with E-state index in [2.05, 4.69) is 93.7 Å². The summed E-state index contributed by atoms with van der Waals surface area (Å²) in [5.41, 5.74) is 0. The van der Waals surface area contributed by atoms with Gasteiger partial charge in [0.15, 0.2) is 6.10 Å². The van der Waals surface area contributed by atoms with Crippen LogP contribution in [0.5, 0.6) is 0 Å². The molecule has 0 aromatic heterocycles. The first-order valence-electron chi connectivity index (χ1n) is 24.1. The minimum Gasteiger partial charge on any atom is -0.462 e. The summed E-state index contributed by atoms with van der Waals surface area (Å²) in [5, 5.41) is 0. The predicted molar refractivity (Wildman–Crippen MR) is 269 cm³/mol. The molecule has 0 saturated carbocycles. The predicted octanol–water partition coefficient (Wildman–Crippen LogP) is 15.9. The first-order valence-corrected chi connectivity index (χ1v) is 24.1. The van der Waals surface area contributed by atoms with E-state index >= 15 is 0 Å². The third-order valence-corrected chi connectivity index (χ3v) is 9.22. The Morgan fingerprint density at radius 3 is 1.17 bits per heavy atom. The fourth-order valence-corrected chi connectivity index (χ4v) is 5.65. The Labute approximate surface area is 384 Å². The van der Waals surface area contributed by atoms with Crippen molar-refractivity contribution in [2.75, 3.05) is 13.2 Å². The Morgan fingerprint density at radius 1 is 0.349 bits per heavy atom. The maximum absolute atomic E-state index is 12.8. The zero-order chi connectivity index (χ0) is 45.8. The van der Waals surface area contributed by atoms with Gasteiger partial charge in [-0.25, -0.2) is 0 Å². The Bertz CT molecular complexity index is 1510. The van der Waals surface area contributed by atoms with Crippen molar-refractivity contribution in [3.05, 3.63) is 158 Å². The summed E-state index contributed by atoms with van der Waals surface area (Å²) in [6.45, 7) is 6.15. The molecule has 6 nitrogen and oxygen atoms in total. The molecule has 0 N–H and O–H groups in total. The molecule has 0 heterocycles. The Hall–Kier alpha value is -4.97. The van der Waals surface area contributed by atoms with E-state index in [-0.39, 0.29) is 50.4 Å². The second-order valence-electron chi connectivity index (χ2n) is 15.1. The van der Waals surface area contributed by atoms with Crippen molar-refractivity contribution in [3.63, 3.8) is 0 Å². The number of hydrogen-bond donors (Lipinski definition) is 0. The standard InChI is InChI=1S/C57H84O6/c1-4-7-10-13-16-19-22-25-27-28-30-32-35-38-41-44-47-50-56(59)62-53-54(52-61-55(58)49-46-43-40-37-34-31-24-21-18-15-12-9-6-3)63-57(60)51-48-45-42-39-36-33-29-26-23-20-17-14-11-8-5-2/h8-9,11-12,14-21,23-27,29-32,34,37-38,40-41,54H,4-7,10,13,22,28,33,35-36,39,42-53H2,1-3H3/b11-8+,12-9+,17-14+,18-15+,19-16+,23-20+,24-21+,27-25+,29-26+,32-30+,34-31+,40-37+,41-38+. The van der Waals surface area contributed by atoms with Crippen molar-refractivity contribution in [2.45, 2.75) is 168 Å². The van der Waals surface area contributed by atoms with Gasteiger partial charge in [-0.05, 0) is 89.9 Å². The van der Waals surface area contributed by atoms with Gasteiger partial charge >= 0.3 is 17.9 Å². The lowest BCUT2D eigenvalue weighted by Crippen LogP contribution is -2.30. The van der Waals surface area contributed by atoms with Crippen molar-refractivity contribution in [2.24, 2.45) is 0 Å². The summed E-state index contributed by atoms with van der Waals surface area (Å²) in [7, 11) is 0. The topological polar surface area (TPSA) is 78.9 Å². The van der Waals surface area contributed by atoms with Gasteiger partial charge in [0.1, 0.15) is 13.2 Å².